The second-order valence-corrected chi connectivity index (χ2v) is 6.82. The lowest BCUT2D eigenvalue weighted by atomic mass is 9.93. The smallest absolute Gasteiger partial charge is 0.115 e. The molecule has 0 aliphatic carbocycles. The third-order valence-electron chi connectivity index (χ3n) is 4.32. The molecule has 0 saturated heterocycles. The minimum absolute atomic E-state index is 0.294. The number of alkyl halides is 1. The number of hydrogen-bond donors (Lipinski definition) is 1. The first kappa shape index (κ1) is 24.1. The zero-order valence-electron chi connectivity index (χ0n) is 16.8. The Bertz CT molecular complexity index is 575. The Balaban J connectivity index is 4.83. The summed E-state index contributed by atoms with van der Waals surface area (Å²) in [6.07, 6.45) is 16.9. The van der Waals surface area contributed by atoms with Crippen LogP contribution in [-0.4, -0.2) is 13.2 Å². The van der Waals surface area contributed by atoms with Crippen molar-refractivity contribution in [1.29, 1.82) is 0 Å². The van der Waals surface area contributed by atoms with Crippen LogP contribution in [0.2, 0.25) is 0 Å². The maximum absolute atomic E-state index is 13.5. The van der Waals surface area contributed by atoms with Gasteiger partial charge >= 0.3 is 0 Å². The number of allylic oxidation sites excluding steroid dienone is 9. The van der Waals surface area contributed by atoms with Crippen LogP contribution in [0, 0.1) is 11.8 Å². The van der Waals surface area contributed by atoms with E-state index in [-0.39, 0.29) is 0 Å². The summed E-state index contributed by atoms with van der Waals surface area (Å²) in [4.78, 5) is 0. The maximum atomic E-state index is 13.5. The average molecular weight is 358 g/mol. The first-order valence-electron chi connectivity index (χ1n) is 9.32. The van der Waals surface area contributed by atoms with E-state index < -0.39 is 6.67 Å². The first-order valence-corrected chi connectivity index (χ1v) is 9.32. The fraction of sp³-hybridized carbons (Fsp3) is 0.417. The van der Waals surface area contributed by atoms with E-state index in [9.17, 15) is 4.39 Å². The quantitative estimate of drug-likeness (QED) is 0.290. The summed E-state index contributed by atoms with van der Waals surface area (Å²) in [5.41, 5.74) is 8.90. The highest BCUT2D eigenvalue weighted by Gasteiger charge is 2.09. The van der Waals surface area contributed by atoms with Crippen molar-refractivity contribution in [2.24, 2.45) is 17.6 Å². The predicted molar refractivity (Wildman–Crippen MR) is 116 cm³/mol. The fourth-order valence-corrected chi connectivity index (χ4v) is 2.61. The molecule has 0 heterocycles. The van der Waals surface area contributed by atoms with Crippen LogP contribution in [0.3, 0.4) is 0 Å². The van der Waals surface area contributed by atoms with Crippen molar-refractivity contribution in [2.45, 2.75) is 40.0 Å². The minimum Gasteiger partial charge on any atom is -0.326 e. The van der Waals surface area contributed by atoms with E-state index in [2.05, 4.69) is 57.9 Å². The Hall–Kier alpha value is -1.93. The van der Waals surface area contributed by atoms with Crippen molar-refractivity contribution in [3.63, 3.8) is 0 Å². The molecule has 0 aromatic heterocycles. The Morgan fingerprint density at radius 2 is 1.73 bits per heavy atom. The van der Waals surface area contributed by atoms with Crippen LogP contribution >= 0.6 is 0 Å². The number of hydrogen-bond acceptors (Lipinski definition) is 1. The molecule has 0 aromatic carbocycles. The van der Waals surface area contributed by atoms with Gasteiger partial charge in [0, 0.05) is 6.54 Å². The SMILES string of the molecule is C=CCCC(C)/C=C\C=C/C(C)CC(=C)/C(CF)=C(C)/C=C(\C=C)CN. The van der Waals surface area contributed by atoms with Gasteiger partial charge in [0.05, 0.1) is 0 Å². The average Bonchev–Trinajstić information content (AvgIpc) is 2.61. The fourth-order valence-electron chi connectivity index (χ4n) is 2.61. The van der Waals surface area contributed by atoms with Gasteiger partial charge < -0.3 is 5.73 Å². The Labute approximate surface area is 160 Å². The van der Waals surface area contributed by atoms with Crippen LogP contribution in [0.5, 0.6) is 0 Å². The highest BCUT2D eigenvalue weighted by molar-refractivity contribution is 5.41. The zero-order valence-corrected chi connectivity index (χ0v) is 16.8. The highest BCUT2D eigenvalue weighted by atomic mass is 19.1. The normalized spacial score (nSPS) is 15.8. The molecule has 2 atom stereocenters. The number of rotatable bonds is 13. The molecular weight excluding hydrogens is 321 g/mol. The van der Waals surface area contributed by atoms with Gasteiger partial charge in [-0.15, -0.1) is 6.58 Å². The molecule has 0 aromatic rings. The summed E-state index contributed by atoms with van der Waals surface area (Å²) >= 11 is 0. The van der Waals surface area contributed by atoms with Crippen molar-refractivity contribution in [2.75, 3.05) is 13.2 Å². The molecule has 0 rings (SSSR count). The second-order valence-electron chi connectivity index (χ2n) is 6.82. The van der Waals surface area contributed by atoms with E-state index in [1.54, 1.807) is 6.08 Å². The lowest BCUT2D eigenvalue weighted by molar-refractivity contribution is 0.539. The molecular formula is C24H36FN. The predicted octanol–water partition coefficient (Wildman–Crippen LogP) is 6.64. The van der Waals surface area contributed by atoms with Gasteiger partial charge in [-0.2, -0.15) is 0 Å². The Morgan fingerprint density at radius 1 is 1.12 bits per heavy atom. The Morgan fingerprint density at radius 3 is 2.23 bits per heavy atom. The topological polar surface area (TPSA) is 26.0 Å². The van der Waals surface area contributed by atoms with E-state index in [4.69, 9.17) is 5.73 Å². The summed E-state index contributed by atoms with van der Waals surface area (Å²) < 4.78 is 13.5. The number of halogens is 1. The van der Waals surface area contributed by atoms with E-state index >= 15 is 0 Å². The van der Waals surface area contributed by atoms with Gasteiger partial charge in [-0.3, -0.25) is 0 Å². The van der Waals surface area contributed by atoms with Crippen molar-refractivity contribution in [3.8, 4) is 0 Å². The van der Waals surface area contributed by atoms with Crippen LogP contribution in [0.1, 0.15) is 40.0 Å². The molecule has 0 saturated carbocycles. The molecule has 0 bridgehead atoms. The summed E-state index contributed by atoms with van der Waals surface area (Å²) in [5, 5.41) is 0. The molecule has 2 heteroatoms. The molecule has 2 unspecified atom stereocenters. The summed E-state index contributed by atoms with van der Waals surface area (Å²) in [7, 11) is 0. The molecule has 1 nitrogen and oxygen atoms in total. The van der Waals surface area contributed by atoms with Gasteiger partial charge in [0.1, 0.15) is 6.67 Å². The molecule has 26 heavy (non-hydrogen) atoms. The zero-order chi connectivity index (χ0) is 19.9. The van der Waals surface area contributed by atoms with Crippen molar-refractivity contribution < 1.29 is 4.39 Å². The third-order valence-corrected chi connectivity index (χ3v) is 4.32. The highest BCUT2D eigenvalue weighted by Crippen LogP contribution is 2.23. The van der Waals surface area contributed by atoms with Crippen LogP contribution < -0.4 is 5.73 Å². The van der Waals surface area contributed by atoms with Gasteiger partial charge in [0.25, 0.3) is 0 Å². The minimum atomic E-state index is -0.521. The molecule has 0 spiro atoms. The van der Waals surface area contributed by atoms with E-state index in [1.165, 1.54) is 0 Å². The summed E-state index contributed by atoms with van der Waals surface area (Å²) in [6.45, 7) is 17.7. The monoisotopic (exact) mass is 357 g/mol. The lowest BCUT2D eigenvalue weighted by Crippen LogP contribution is -2.03. The summed E-state index contributed by atoms with van der Waals surface area (Å²) in [6, 6.07) is 0. The van der Waals surface area contributed by atoms with Crippen LogP contribution in [0.4, 0.5) is 4.39 Å². The first-order chi connectivity index (χ1) is 12.4. The maximum Gasteiger partial charge on any atom is 0.115 e. The van der Waals surface area contributed by atoms with E-state index in [0.29, 0.717) is 24.0 Å². The van der Waals surface area contributed by atoms with Gasteiger partial charge in [-0.05, 0) is 60.3 Å². The molecule has 144 valence electrons. The largest absolute Gasteiger partial charge is 0.326 e. The molecule has 0 aliphatic rings. The molecule has 0 radical (unpaired) electrons. The van der Waals surface area contributed by atoms with Crippen molar-refractivity contribution in [3.05, 3.63) is 84.6 Å². The van der Waals surface area contributed by atoms with Crippen LogP contribution in [0.15, 0.2) is 84.6 Å². The van der Waals surface area contributed by atoms with Crippen LogP contribution in [0.25, 0.3) is 0 Å². The van der Waals surface area contributed by atoms with Crippen molar-refractivity contribution >= 4 is 0 Å². The van der Waals surface area contributed by atoms with Gasteiger partial charge in [0.15, 0.2) is 0 Å². The van der Waals surface area contributed by atoms with Crippen molar-refractivity contribution in [1.82, 2.24) is 0 Å². The van der Waals surface area contributed by atoms with Gasteiger partial charge in [-0.25, -0.2) is 4.39 Å². The Kier molecular flexibility index (Phi) is 13.2. The second kappa shape index (κ2) is 14.3. The molecule has 0 fully saturated rings. The molecule has 2 N–H and O–H groups in total. The van der Waals surface area contributed by atoms with Crippen LogP contribution in [-0.2, 0) is 0 Å². The van der Waals surface area contributed by atoms with Gasteiger partial charge in [0.2, 0.25) is 0 Å². The molecule has 0 amide bonds. The molecule has 0 aliphatic heterocycles. The third kappa shape index (κ3) is 10.1. The number of nitrogens with two attached hydrogens (primary N) is 1. The standard InChI is InChI=1S/C24H36FN/c1-7-9-12-19(3)13-10-11-14-20(4)15-21(5)24(17-25)22(6)16-23(8-2)18-26/h7-8,10-11,13-14,16,19-20H,1-2,5,9,12,15,17-18,26H2,3-4,6H3/b13-10-,14-11-,23-16+,24-22+. The van der Waals surface area contributed by atoms with E-state index in [0.717, 1.165) is 36.0 Å². The van der Waals surface area contributed by atoms with Gasteiger partial charge in [-0.1, -0.05) is 69.5 Å². The lowest BCUT2D eigenvalue weighted by Gasteiger charge is -2.13. The summed E-state index contributed by atoms with van der Waals surface area (Å²) in [5.74, 6) is 0.836. The van der Waals surface area contributed by atoms with E-state index in [1.807, 2.05) is 19.1 Å².